The van der Waals surface area contributed by atoms with Crippen LogP contribution in [-0.4, -0.2) is 18.3 Å². The first-order valence-corrected chi connectivity index (χ1v) is 10.1. The largest absolute Gasteiger partial charge is 0.313 e. The van der Waals surface area contributed by atoms with Crippen molar-refractivity contribution in [3.8, 4) is 0 Å². The van der Waals surface area contributed by atoms with Gasteiger partial charge >= 0.3 is 0 Å². The molecule has 2 rings (SSSR count). The van der Waals surface area contributed by atoms with E-state index in [1.807, 2.05) is 11.8 Å². The van der Waals surface area contributed by atoms with E-state index in [4.69, 9.17) is 0 Å². The third kappa shape index (κ3) is 5.01. The second kappa shape index (κ2) is 9.22. The van der Waals surface area contributed by atoms with Gasteiger partial charge in [0, 0.05) is 21.2 Å². The summed E-state index contributed by atoms with van der Waals surface area (Å²) in [5, 5.41) is 3.77. The highest BCUT2D eigenvalue weighted by Crippen LogP contribution is 2.37. The highest BCUT2D eigenvalue weighted by Gasteiger charge is 2.30. The SMILES string of the molecule is CCNC(CSc1ccccc1Br)C1CCCCC1CC. The van der Waals surface area contributed by atoms with Gasteiger partial charge in [-0.15, -0.1) is 11.8 Å². The maximum absolute atomic E-state index is 3.77. The van der Waals surface area contributed by atoms with Gasteiger partial charge in [-0.05, 0) is 52.9 Å². The van der Waals surface area contributed by atoms with Gasteiger partial charge < -0.3 is 5.32 Å². The van der Waals surface area contributed by atoms with E-state index < -0.39 is 0 Å². The molecule has 1 aromatic carbocycles. The predicted molar refractivity (Wildman–Crippen MR) is 98.1 cm³/mol. The standard InChI is InChI=1S/C18H28BrNS/c1-3-14-9-5-6-10-15(14)17(20-4-2)13-21-18-12-8-7-11-16(18)19/h7-8,11-12,14-15,17,20H,3-6,9-10,13H2,1-2H3. The van der Waals surface area contributed by atoms with Crippen molar-refractivity contribution in [3.05, 3.63) is 28.7 Å². The molecule has 1 saturated carbocycles. The molecule has 0 radical (unpaired) electrons. The molecule has 1 aliphatic carbocycles. The van der Waals surface area contributed by atoms with Gasteiger partial charge in [-0.3, -0.25) is 0 Å². The van der Waals surface area contributed by atoms with Crippen LogP contribution in [0, 0.1) is 11.8 Å². The summed E-state index contributed by atoms with van der Waals surface area (Å²) < 4.78 is 1.22. The third-order valence-electron chi connectivity index (χ3n) is 4.73. The monoisotopic (exact) mass is 369 g/mol. The van der Waals surface area contributed by atoms with E-state index in [0.717, 1.165) is 18.4 Å². The number of nitrogens with one attached hydrogen (secondary N) is 1. The van der Waals surface area contributed by atoms with Crippen LogP contribution < -0.4 is 5.32 Å². The van der Waals surface area contributed by atoms with Crippen LogP contribution in [0.3, 0.4) is 0 Å². The first-order valence-electron chi connectivity index (χ1n) is 8.37. The fourth-order valence-electron chi connectivity index (χ4n) is 3.61. The van der Waals surface area contributed by atoms with Gasteiger partial charge in [0.15, 0.2) is 0 Å². The Morgan fingerprint density at radius 2 is 2.00 bits per heavy atom. The van der Waals surface area contributed by atoms with Gasteiger partial charge in [0.05, 0.1) is 0 Å². The van der Waals surface area contributed by atoms with Crippen molar-refractivity contribution in [1.82, 2.24) is 5.32 Å². The minimum absolute atomic E-state index is 0.650. The van der Waals surface area contributed by atoms with Crippen LogP contribution >= 0.6 is 27.7 Å². The summed E-state index contributed by atoms with van der Waals surface area (Å²) in [7, 11) is 0. The van der Waals surface area contributed by atoms with Gasteiger partial charge in [0.25, 0.3) is 0 Å². The quantitative estimate of drug-likeness (QED) is 0.615. The van der Waals surface area contributed by atoms with E-state index in [9.17, 15) is 0 Å². The lowest BCUT2D eigenvalue weighted by molar-refractivity contribution is 0.186. The normalized spacial score (nSPS) is 24.0. The van der Waals surface area contributed by atoms with Crippen molar-refractivity contribution < 1.29 is 0 Å². The summed E-state index contributed by atoms with van der Waals surface area (Å²) in [6.07, 6.45) is 7.04. The van der Waals surface area contributed by atoms with Crippen LogP contribution in [0.5, 0.6) is 0 Å². The number of thioether (sulfide) groups is 1. The molecule has 1 N–H and O–H groups in total. The summed E-state index contributed by atoms with van der Waals surface area (Å²) in [6, 6.07) is 9.22. The fraction of sp³-hybridized carbons (Fsp3) is 0.667. The molecule has 21 heavy (non-hydrogen) atoms. The summed E-state index contributed by atoms with van der Waals surface area (Å²) in [5.41, 5.74) is 0. The number of hydrogen-bond donors (Lipinski definition) is 1. The molecule has 0 saturated heterocycles. The Balaban J connectivity index is 1.99. The molecule has 1 nitrogen and oxygen atoms in total. The van der Waals surface area contributed by atoms with E-state index in [-0.39, 0.29) is 0 Å². The van der Waals surface area contributed by atoms with E-state index in [1.165, 1.54) is 47.2 Å². The first kappa shape index (κ1) is 17.4. The van der Waals surface area contributed by atoms with Crippen molar-refractivity contribution in [1.29, 1.82) is 0 Å². The lowest BCUT2D eigenvalue weighted by atomic mass is 9.74. The number of benzene rings is 1. The minimum atomic E-state index is 0.650. The average Bonchev–Trinajstić information content (AvgIpc) is 2.53. The molecule has 1 aliphatic rings. The average molecular weight is 370 g/mol. The molecule has 3 atom stereocenters. The van der Waals surface area contributed by atoms with Crippen molar-refractivity contribution in [2.45, 2.75) is 56.9 Å². The van der Waals surface area contributed by atoms with Gasteiger partial charge in [0.1, 0.15) is 0 Å². The molecule has 3 heteroatoms. The van der Waals surface area contributed by atoms with Crippen LogP contribution in [-0.2, 0) is 0 Å². The van der Waals surface area contributed by atoms with Gasteiger partial charge in [-0.25, -0.2) is 0 Å². The molecule has 0 bridgehead atoms. The van der Waals surface area contributed by atoms with Crippen molar-refractivity contribution in [2.75, 3.05) is 12.3 Å². The summed E-state index contributed by atoms with van der Waals surface area (Å²) >= 11 is 5.66. The Bertz CT molecular complexity index is 423. The van der Waals surface area contributed by atoms with Gasteiger partial charge in [-0.1, -0.05) is 51.7 Å². The maximum Gasteiger partial charge on any atom is 0.0311 e. The van der Waals surface area contributed by atoms with E-state index in [1.54, 1.807) is 0 Å². The Hall–Kier alpha value is 0.01000. The molecule has 3 unspecified atom stereocenters. The Morgan fingerprint density at radius 1 is 1.24 bits per heavy atom. The highest BCUT2D eigenvalue weighted by atomic mass is 79.9. The van der Waals surface area contributed by atoms with E-state index in [2.05, 4.69) is 59.4 Å². The molecule has 0 spiro atoms. The Kier molecular flexibility index (Phi) is 7.62. The Labute approximate surface area is 142 Å². The number of rotatable bonds is 7. The lowest BCUT2D eigenvalue weighted by Crippen LogP contribution is -2.42. The molecule has 0 aliphatic heterocycles. The van der Waals surface area contributed by atoms with Crippen molar-refractivity contribution in [3.63, 3.8) is 0 Å². The van der Waals surface area contributed by atoms with Crippen LogP contribution in [0.25, 0.3) is 0 Å². The molecule has 1 aromatic rings. The van der Waals surface area contributed by atoms with Crippen molar-refractivity contribution in [2.24, 2.45) is 11.8 Å². The maximum atomic E-state index is 3.77. The van der Waals surface area contributed by atoms with E-state index >= 15 is 0 Å². The van der Waals surface area contributed by atoms with Crippen molar-refractivity contribution >= 4 is 27.7 Å². The molecular weight excluding hydrogens is 342 g/mol. The summed E-state index contributed by atoms with van der Waals surface area (Å²) in [5.74, 6) is 2.96. The van der Waals surface area contributed by atoms with Crippen LogP contribution in [0.4, 0.5) is 0 Å². The molecule has 0 heterocycles. The summed E-state index contributed by atoms with van der Waals surface area (Å²) in [6.45, 7) is 5.68. The van der Waals surface area contributed by atoms with E-state index in [0.29, 0.717) is 6.04 Å². The molecule has 0 aromatic heterocycles. The molecule has 118 valence electrons. The first-order chi connectivity index (χ1) is 10.3. The number of hydrogen-bond acceptors (Lipinski definition) is 2. The highest BCUT2D eigenvalue weighted by molar-refractivity contribution is 9.10. The van der Waals surface area contributed by atoms with Crippen LogP contribution in [0.1, 0.15) is 46.0 Å². The second-order valence-electron chi connectivity index (χ2n) is 6.02. The summed E-state index contributed by atoms with van der Waals surface area (Å²) in [4.78, 5) is 1.37. The predicted octanol–water partition coefficient (Wildman–Crippen LogP) is 5.74. The van der Waals surface area contributed by atoms with Crippen LogP contribution in [0.15, 0.2) is 33.6 Å². The molecule has 1 fully saturated rings. The zero-order valence-corrected chi connectivity index (χ0v) is 15.7. The van der Waals surface area contributed by atoms with Gasteiger partial charge in [0.2, 0.25) is 0 Å². The third-order valence-corrected chi connectivity index (χ3v) is 6.88. The van der Waals surface area contributed by atoms with Gasteiger partial charge in [-0.2, -0.15) is 0 Å². The zero-order valence-electron chi connectivity index (χ0n) is 13.3. The topological polar surface area (TPSA) is 12.0 Å². The lowest BCUT2D eigenvalue weighted by Gasteiger charge is -2.37. The smallest absolute Gasteiger partial charge is 0.0311 e. The molecule has 0 amide bonds. The Morgan fingerprint density at radius 3 is 2.71 bits per heavy atom. The molecular formula is C18H28BrNS. The minimum Gasteiger partial charge on any atom is -0.313 e. The second-order valence-corrected chi connectivity index (χ2v) is 7.94. The number of halogens is 1. The van der Waals surface area contributed by atoms with Crippen LogP contribution in [0.2, 0.25) is 0 Å². The fourth-order valence-corrected chi connectivity index (χ4v) is 5.34. The zero-order chi connectivity index (χ0) is 15.1.